The number of nitrogen functional groups attached to an aromatic ring is 1. The largest absolute Gasteiger partial charge is 0.493 e. The first-order chi connectivity index (χ1) is 8.65. The number of methoxy groups -OCH3 is 2. The Hall–Kier alpha value is -1.62. The molecule has 2 rings (SSSR count). The molecule has 5 nitrogen and oxygen atoms in total. The average Bonchev–Trinajstić information content (AvgIpc) is 2.38. The molecule has 18 heavy (non-hydrogen) atoms. The first kappa shape index (κ1) is 12.8. The third-order valence-electron chi connectivity index (χ3n) is 3.27. The highest BCUT2D eigenvalue weighted by Crippen LogP contribution is 2.37. The average molecular weight is 252 g/mol. The second kappa shape index (κ2) is 5.35. The highest BCUT2D eigenvalue weighted by Gasteiger charge is 2.21. The summed E-state index contributed by atoms with van der Waals surface area (Å²) in [5.41, 5.74) is 7.57. The molecule has 0 radical (unpaired) electrons. The number of ether oxygens (including phenoxy) is 2. The summed E-state index contributed by atoms with van der Waals surface area (Å²) in [5, 5.41) is 9.72. The molecule has 0 bridgehead atoms. The molecule has 0 aliphatic carbocycles. The minimum Gasteiger partial charge on any atom is -0.493 e. The summed E-state index contributed by atoms with van der Waals surface area (Å²) in [6.07, 6.45) is 1.53. The minimum atomic E-state index is -0.286. The van der Waals surface area contributed by atoms with E-state index in [9.17, 15) is 5.11 Å². The minimum absolute atomic E-state index is 0.286. The van der Waals surface area contributed by atoms with Crippen LogP contribution in [-0.2, 0) is 0 Å². The molecule has 100 valence electrons. The molecule has 0 amide bonds. The molecule has 1 aliphatic heterocycles. The number of aliphatic hydroxyl groups excluding tert-OH is 1. The van der Waals surface area contributed by atoms with Gasteiger partial charge in [0.1, 0.15) is 0 Å². The van der Waals surface area contributed by atoms with Crippen LogP contribution in [0.2, 0.25) is 0 Å². The number of aliphatic hydroxyl groups is 1. The standard InChI is InChI=1S/C13H20N2O3/c1-17-12-6-10(14)11(7-13(12)18-2)15-5-3-4-9(16)8-15/h6-7,9,16H,3-5,8,14H2,1-2H3. The smallest absolute Gasteiger partial charge is 0.162 e. The Morgan fingerprint density at radius 3 is 2.56 bits per heavy atom. The summed E-state index contributed by atoms with van der Waals surface area (Å²) in [6.45, 7) is 1.51. The number of piperidine rings is 1. The van der Waals surface area contributed by atoms with Crippen molar-refractivity contribution < 1.29 is 14.6 Å². The second-order valence-corrected chi connectivity index (χ2v) is 4.51. The van der Waals surface area contributed by atoms with Crippen molar-refractivity contribution in [1.82, 2.24) is 0 Å². The van der Waals surface area contributed by atoms with Crippen LogP contribution < -0.4 is 20.1 Å². The van der Waals surface area contributed by atoms with Gasteiger partial charge in [-0.1, -0.05) is 0 Å². The Bertz CT molecular complexity index is 423. The van der Waals surface area contributed by atoms with Crippen LogP contribution in [0, 0.1) is 0 Å². The predicted octanol–water partition coefficient (Wildman–Crippen LogP) is 1.25. The number of hydrogen-bond acceptors (Lipinski definition) is 5. The lowest BCUT2D eigenvalue weighted by molar-refractivity contribution is 0.154. The number of nitrogens with zero attached hydrogens (tertiary/aromatic N) is 1. The monoisotopic (exact) mass is 252 g/mol. The summed E-state index contributed by atoms with van der Waals surface area (Å²) < 4.78 is 10.5. The van der Waals surface area contributed by atoms with Crippen molar-refractivity contribution in [2.24, 2.45) is 0 Å². The number of β-amino-alcohol motifs (C(OH)–C–C–N with tert-alkyl or cyclic N) is 1. The zero-order valence-electron chi connectivity index (χ0n) is 10.8. The van der Waals surface area contributed by atoms with Crippen molar-refractivity contribution in [2.45, 2.75) is 18.9 Å². The summed E-state index contributed by atoms with van der Waals surface area (Å²) in [5.74, 6) is 1.28. The summed E-state index contributed by atoms with van der Waals surface area (Å²) in [4.78, 5) is 2.09. The molecule has 1 fully saturated rings. The van der Waals surface area contributed by atoms with Crippen LogP contribution >= 0.6 is 0 Å². The SMILES string of the molecule is COc1cc(N)c(N2CCCC(O)C2)cc1OC. The van der Waals surface area contributed by atoms with Crippen molar-refractivity contribution in [2.75, 3.05) is 37.9 Å². The number of anilines is 2. The maximum Gasteiger partial charge on any atom is 0.162 e. The number of rotatable bonds is 3. The highest BCUT2D eigenvalue weighted by atomic mass is 16.5. The molecular formula is C13H20N2O3. The molecule has 5 heteroatoms. The summed E-state index contributed by atoms with van der Waals surface area (Å²) in [6, 6.07) is 3.63. The van der Waals surface area contributed by atoms with Crippen LogP contribution in [0.3, 0.4) is 0 Å². The first-order valence-corrected chi connectivity index (χ1v) is 6.10. The van der Waals surface area contributed by atoms with Gasteiger partial charge in [0, 0.05) is 25.2 Å². The van der Waals surface area contributed by atoms with Crippen molar-refractivity contribution in [3.05, 3.63) is 12.1 Å². The van der Waals surface area contributed by atoms with Gasteiger partial charge in [-0.15, -0.1) is 0 Å². The number of hydrogen-bond donors (Lipinski definition) is 2. The van der Waals surface area contributed by atoms with E-state index in [-0.39, 0.29) is 6.10 Å². The molecule has 0 spiro atoms. The van der Waals surface area contributed by atoms with Gasteiger partial charge in [0.2, 0.25) is 0 Å². The lowest BCUT2D eigenvalue weighted by Crippen LogP contribution is -2.38. The van der Waals surface area contributed by atoms with Gasteiger partial charge >= 0.3 is 0 Å². The van der Waals surface area contributed by atoms with E-state index in [2.05, 4.69) is 4.90 Å². The van der Waals surface area contributed by atoms with Gasteiger partial charge in [-0.3, -0.25) is 0 Å². The Labute approximate surface area is 107 Å². The van der Waals surface area contributed by atoms with E-state index in [4.69, 9.17) is 15.2 Å². The van der Waals surface area contributed by atoms with E-state index >= 15 is 0 Å². The fourth-order valence-electron chi connectivity index (χ4n) is 2.33. The van der Waals surface area contributed by atoms with Gasteiger partial charge in [0.25, 0.3) is 0 Å². The van der Waals surface area contributed by atoms with Gasteiger partial charge < -0.3 is 25.2 Å². The number of nitrogens with two attached hydrogens (primary N) is 1. The fourth-order valence-corrected chi connectivity index (χ4v) is 2.33. The van der Waals surface area contributed by atoms with Gasteiger partial charge in [-0.25, -0.2) is 0 Å². The second-order valence-electron chi connectivity index (χ2n) is 4.51. The third-order valence-corrected chi connectivity index (χ3v) is 3.27. The zero-order valence-corrected chi connectivity index (χ0v) is 10.8. The Kier molecular flexibility index (Phi) is 3.81. The van der Waals surface area contributed by atoms with E-state index in [1.807, 2.05) is 6.07 Å². The highest BCUT2D eigenvalue weighted by molar-refractivity contribution is 5.73. The molecule has 1 aromatic rings. The quantitative estimate of drug-likeness (QED) is 0.792. The van der Waals surface area contributed by atoms with Gasteiger partial charge in [0.05, 0.1) is 31.7 Å². The van der Waals surface area contributed by atoms with Crippen molar-refractivity contribution >= 4 is 11.4 Å². The molecule has 1 heterocycles. The van der Waals surface area contributed by atoms with Crippen LogP contribution in [0.15, 0.2) is 12.1 Å². The van der Waals surface area contributed by atoms with Crippen molar-refractivity contribution in [3.8, 4) is 11.5 Å². The van der Waals surface area contributed by atoms with Crippen LogP contribution in [0.1, 0.15) is 12.8 Å². The predicted molar refractivity (Wildman–Crippen MR) is 71.4 cm³/mol. The summed E-state index contributed by atoms with van der Waals surface area (Å²) >= 11 is 0. The molecule has 1 aliphatic rings. The van der Waals surface area contributed by atoms with E-state index in [1.165, 1.54) is 0 Å². The van der Waals surface area contributed by atoms with Crippen LogP contribution in [-0.4, -0.2) is 38.5 Å². The molecule has 1 unspecified atom stereocenters. The summed E-state index contributed by atoms with van der Waals surface area (Å²) in [7, 11) is 3.19. The van der Waals surface area contributed by atoms with Crippen molar-refractivity contribution in [1.29, 1.82) is 0 Å². The molecule has 1 atom stereocenters. The zero-order chi connectivity index (χ0) is 13.1. The molecule has 3 N–H and O–H groups in total. The normalized spacial score (nSPS) is 19.7. The lowest BCUT2D eigenvalue weighted by Gasteiger charge is -2.33. The van der Waals surface area contributed by atoms with Crippen molar-refractivity contribution in [3.63, 3.8) is 0 Å². The molecule has 1 aromatic carbocycles. The van der Waals surface area contributed by atoms with Crippen LogP contribution in [0.5, 0.6) is 11.5 Å². The molecular weight excluding hydrogens is 232 g/mol. The lowest BCUT2D eigenvalue weighted by atomic mass is 10.1. The molecule has 1 saturated heterocycles. The number of benzene rings is 1. The fraction of sp³-hybridized carbons (Fsp3) is 0.538. The van der Waals surface area contributed by atoms with E-state index < -0.39 is 0 Å². The van der Waals surface area contributed by atoms with E-state index in [0.29, 0.717) is 23.7 Å². The van der Waals surface area contributed by atoms with E-state index in [1.54, 1.807) is 20.3 Å². The first-order valence-electron chi connectivity index (χ1n) is 6.10. The Morgan fingerprint density at radius 1 is 1.28 bits per heavy atom. The molecule has 0 saturated carbocycles. The van der Waals surface area contributed by atoms with Gasteiger partial charge in [-0.2, -0.15) is 0 Å². The Balaban J connectivity index is 2.32. The maximum absolute atomic E-state index is 9.72. The van der Waals surface area contributed by atoms with Crippen LogP contribution in [0.25, 0.3) is 0 Å². The van der Waals surface area contributed by atoms with E-state index in [0.717, 1.165) is 25.1 Å². The maximum atomic E-state index is 9.72. The van der Waals surface area contributed by atoms with Crippen LogP contribution in [0.4, 0.5) is 11.4 Å². The Morgan fingerprint density at radius 2 is 1.94 bits per heavy atom. The molecule has 0 aromatic heterocycles. The third kappa shape index (κ3) is 2.46. The topological polar surface area (TPSA) is 68.0 Å². The van der Waals surface area contributed by atoms with Gasteiger partial charge in [0.15, 0.2) is 11.5 Å². The van der Waals surface area contributed by atoms with Gasteiger partial charge in [-0.05, 0) is 12.8 Å².